The fourth-order valence-corrected chi connectivity index (χ4v) is 2.32. The molecule has 0 aliphatic heterocycles. The van der Waals surface area contributed by atoms with Gasteiger partial charge in [-0.1, -0.05) is 12.8 Å². The van der Waals surface area contributed by atoms with Crippen LogP contribution in [0, 0.1) is 5.41 Å². The topological polar surface area (TPSA) is 95.9 Å². The lowest BCUT2D eigenvalue weighted by Crippen LogP contribution is -2.36. The van der Waals surface area contributed by atoms with Gasteiger partial charge >= 0.3 is 5.97 Å². The van der Waals surface area contributed by atoms with Crippen LogP contribution in [-0.4, -0.2) is 48.5 Å². The summed E-state index contributed by atoms with van der Waals surface area (Å²) in [5.74, 6) is -1.11. The highest BCUT2D eigenvalue weighted by molar-refractivity contribution is 5.85. The molecule has 0 spiro atoms. The van der Waals surface area contributed by atoms with Crippen molar-refractivity contribution in [2.75, 3.05) is 26.4 Å². The van der Waals surface area contributed by atoms with Crippen molar-refractivity contribution in [3.05, 3.63) is 0 Å². The van der Waals surface area contributed by atoms with Gasteiger partial charge in [0, 0.05) is 13.0 Å². The van der Waals surface area contributed by atoms with Crippen LogP contribution in [0.15, 0.2) is 0 Å². The van der Waals surface area contributed by atoms with Gasteiger partial charge < -0.3 is 20.3 Å². The van der Waals surface area contributed by atoms with Gasteiger partial charge in [-0.3, -0.25) is 9.59 Å². The maximum Gasteiger partial charge on any atom is 0.310 e. The summed E-state index contributed by atoms with van der Waals surface area (Å²) in [6, 6.07) is 0. The molecule has 0 aromatic carbocycles. The largest absolute Gasteiger partial charge is 0.481 e. The summed E-state index contributed by atoms with van der Waals surface area (Å²) >= 11 is 0. The predicted octanol–water partition coefficient (Wildman–Crippen LogP) is 0.147. The predicted molar refractivity (Wildman–Crippen MR) is 64.1 cm³/mol. The molecule has 1 aliphatic carbocycles. The first kappa shape index (κ1) is 14.9. The summed E-state index contributed by atoms with van der Waals surface area (Å²) in [5, 5.41) is 20.3. The van der Waals surface area contributed by atoms with E-state index in [1.54, 1.807) is 0 Å². The van der Waals surface area contributed by atoms with Crippen LogP contribution in [0.1, 0.15) is 32.1 Å². The van der Waals surface area contributed by atoms with Crippen LogP contribution in [0.4, 0.5) is 0 Å². The van der Waals surface area contributed by atoms with E-state index in [-0.39, 0.29) is 25.5 Å². The first-order valence-corrected chi connectivity index (χ1v) is 6.29. The number of amides is 1. The SMILES string of the molecule is O=C(CC1(C(=O)O)CCCC1)NCCOCCO. The van der Waals surface area contributed by atoms with Crippen LogP contribution in [0.2, 0.25) is 0 Å². The van der Waals surface area contributed by atoms with Gasteiger partial charge in [0.15, 0.2) is 0 Å². The van der Waals surface area contributed by atoms with Gasteiger partial charge in [-0.25, -0.2) is 0 Å². The Kier molecular flexibility index (Phi) is 6.07. The molecule has 1 amide bonds. The second-order valence-electron chi connectivity index (χ2n) is 4.66. The minimum absolute atomic E-state index is 0.0440. The molecule has 1 aliphatic rings. The highest BCUT2D eigenvalue weighted by Gasteiger charge is 2.42. The Morgan fingerprint density at radius 3 is 2.44 bits per heavy atom. The maximum absolute atomic E-state index is 11.7. The van der Waals surface area contributed by atoms with Gasteiger partial charge in [0.2, 0.25) is 5.91 Å². The van der Waals surface area contributed by atoms with Crippen LogP contribution in [0.5, 0.6) is 0 Å². The molecular weight excluding hydrogens is 238 g/mol. The normalized spacial score (nSPS) is 17.6. The number of carboxylic acids is 1. The monoisotopic (exact) mass is 259 g/mol. The summed E-state index contributed by atoms with van der Waals surface area (Å²) in [7, 11) is 0. The second-order valence-corrected chi connectivity index (χ2v) is 4.66. The first-order valence-electron chi connectivity index (χ1n) is 6.29. The smallest absolute Gasteiger partial charge is 0.310 e. The molecule has 104 valence electrons. The van der Waals surface area contributed by atoms with Crippen molar-refractivity contribution in [1.82, 2.24) is 5.32 Å². The fraction of sp³-hybridized carbons (Fsp3) is 0.833. The standard InChI is InChI=1S/C12H21NO5/c14-6-8-18-7-5-13-10(15)9-12(11(16)17)3-1-2-4-12/h14H,1-9H2,(H,13,15)(H,16,17). The van der Waals surface area contributed by atoms with E-state index in [4.69, 9.17) is 9.84 Å². The van der Waals surface area contributed by atoms with Gasteiger partial charge in [0.1, 0.15) is 0 Å². The Morgan fingerprint density at radius 1 is 1.22 bits per heavy atom. The van der Waals surface area contributed by atoms with Crippen molar-refractivity contribution in [3.8, 4) is 0 Å². The van der Waals surface area contributed by atoms with Crippen molar-refractivity contribution in [2.45, 2.75) is 32.1 Å². The lowest BCUT2D eigenvalue weighted by atomic mass is 9.82. The Bertz CT molecular complexity index is 286. The minimum atomic E-state index is -0.869. The molecule has 0 atom stereocenters. The van der Waals surface area contributed by atoms with Gasteiger partial charge in [0.05, 0.1) is 25.2 Å². The molecule has 1 rings (SSSR count). The number of rotatable bonds is 8. The van der Waals surface area contributed by atoms with Crippen molar-refractivity contribution in [2.24, 2.45) is 5.41 Å². The van der Waals surface area contributed by atoms with Crippen molar-refractivity contribution in [3.63, 3.8) is 0 Å². The van der Waals surface area contributed by atoms with E-state index in [1.165, 1.54) is 0 Å². The third-order valence-electron chi connectivity index (χ3n) is 3.32. The number of carbonyl (C=O) groups excluding carboxylic acids is 1. The molecule has 0 bridgehead atoms. The lowest BCUT2D eigenvalue weighted by molar-refractivity contribution is -0.151. The van der Waals surface area contributed by atoms with E-state index < -0.39 is 11.4 Å². The van der Waals surface area contributed by atoms with E-state index in [0.29, 0.717) is 26.0 Å². The number of hydrogen-bond donors (Lipinski definition) is 3. The van der Waals surface area contributed by atoms with Crippen molar-refractivity contribution in [1.29, 1.82) is 0 Å². The molecule has 0 aromatic rings. The Hall–Kier alpha value is -1.14. The summed E-state index contributed by atoms with van der Waals surface area (Å²) < 4.78 is 4.99. The lowest BCUT2D eigenvalue weighted by Gasteiger charge is -2.22. The van der Waals surface area contributed by atoms with Crippen LogP contribution < -0.4 is 5.32 Å². The zero-order chi connectivity index (χ0) is 13.4. The number of aliphatic carboxylic acids is 1. The number of carboxylic acid groups (broad SMARTS) is 1. The third-order valence-corrected chi connectivity index (χ3v) is 3.32. The molecule has 18 heavy (non-hydrogen) atoms. The summed E-state index contributed by atoms with van der Waals surface area (Å²) in [4.78, 5) is 22.9. The van der Waals surface area contributed by atoms with E-state index in [2.05, 4.69) is 5.32 Å². The van der Waals surface area contributed by atoms with Crippen LogP contribution in [-0.2, 0) is 14.3 Å². The molecule has 0 unspecified atom stereocenters. The average molecular weight is 259 g/mol. The van der Waals surface area contributed by atoms with Crippen molar-refractivity contribution < 1.29 is 24.5 Å². The van der Waals surface area contributed by atoms with Gasteiger partial charge in [-0.2, -0.15) is 0 Å². The van der Waals surface area contributed by atoms with E-state index in [9.17, 15) is 14.7 Å². The third kappa shape index (κ3) is 4.27. The summed E-state index contributed by atoms with van der Waals surface area (Å²) in [6.07, 6.45) is 2.95. The molecule has 1 saturated carbocycles. The van der Waals surface area contributed by atoms with Gasteiger partial charge in [0.25, 0.3) is 0 Å². The molecule has 6 heteroatoms. The first-order chi connectivity index (χ1) is 8.60. The van der Waals surface area contributed by atoms with E-state index in [1.807, 2.05) is 0 Å². The van der Waals surface area contributed by atoms with Crippen LogP contribution >= 0.6 is 0 Å². The molecule has 0 aromatic heterocycles. The average Bonchev–Trinajstić information content (AvgIpc) is 2.78. The van der Waals surface area contributed by atoms with Gasteiger partial charge in [-0.15, -0.1) is 0 Å². The zero-order valence-electron chi connectivity index (χ0n) is 10.5. The zero-order valence-corrected chi connectivity index (χ0v) is 10.5. The van der Waals surface area contributed by atoms with Crippen LogP contribution in [0.3, 0.4) is 0 Å². The number of aliphatic hydroxyl groups excluding tert-OH is 1. The molecule has 0 saturated heterocycles. The molecule has 0 heterocycles. The number of hydrogen-bond acceptors (Lipinski definition) is 4. The summed E-state index contributed by atoms with van der Waals surface area (Å²) in [5.41, 5.74) is -0.865. The Balaban J connectivity index is 2.27. The summed E-state index contributed by atoms with van der Waals surface area (Å²) in [6.45, 7) is 0.867. The maximum atomic E-state index is 11.7. The Labute approximate surface area is 106 Å². The van der Waals surface area contributed by atoms with Gasteiger partial charge in [-0.05, 0) is 12.8 Å². The molecule has 0 radical (unpaired) electrons. The highest BCUT2D eigenvalue weighted by Crippen LogP contribution is 2.41. The minimum Gasteiger partial charge on any atom is -0.481 e. The number of nitrogens with one attached hydrogen (secondary N) is 1. The van der Waals surface area contributed by atoms with Crippen LogP contribution in [0.25, 0.3) is 0 Å². The fourth-order valence-electron chi connectivity index (χ4n) is 2.32. The molecular formula is C12H21NO5. The molecule has 3 N–H and O–H groups in total. The van der Waals surface area contributed by atoms with Crippen molar-refractivity contribution >= 4 is 11.9 Å². The van der Waals surface area contributed by atoms with E-state index in [0.717, 1.165) is 12.8 Å². The quantitative estimate of drug-likeness (QED) is 0.539. The number of ether oxygens (including phenoxy) is 1. The highest BCUT2D eigenvalue weighted by atomic mass is 16.5. The number of aliphatic hydroxyl groups is 1. The second kappa shape index (κ2) is 7.33. The Morgan fingerprint density at radius 2 is 1.89 bits per heavy atom. The van der Waals surface area contributed by atoms with E-state index >= 15 is 0 Å². The molecule has 1 fully saturated rings. The molecule has 6 nitrogen and oxygen atoms in total. The number of carbonyl (C=O) groups is 2.